The Kier molecular flexibility index (Phi) is 5.14. The van der Waals surface area contributed by atoms with Gasteiger partial charge in [0.2, 0.25) is 0 Å². The maximum atomic E-state index is 13.5. The van der Waals surface area contributed by atoms with E-state index in [1.165, 1.54) is 18.9 Å². The van der Waals surface area contributed by atoms with E-state index in [-0.39, 0.29) is 11.9 Å². The molecule has 0 saturated heterocycles. The van der Waals surface area contributed by atoms with Gasteiger partial charge >= 0.3 is 0 Å². The van der Waals surface area contributed by atoms with Gasteiger partial charge in [-0.1, -0.05) is 38.0 Å². The van der Waals surface area contributed by atoms with E-state index >= 15 is 0 Å². The van der Waals surface area contributed by atoms with Gasteiger partial charge in [-0.2, -0.15) is 0 Å². The van der Waals surface area contributed by atoms with Crippen LogP contribution in [-0.2, 0) is 11.3 Å². The summed E-state index contributed by atoms with van der Waals surface area (Å²) in [6.07, 6.45) is 4.93. The number of nitrogens with one attached hydrogen (secondary N) is 1. The quantitative estimate of drug-likeness (QED) is 0.867. The molecular weight excluding hydrogens is 229 g/mol. The molecule has 18 heavy (non-hydrogen) atoms. The van der Waals surface area contributed by atoms with Gasteiger partial charge in [-0.3, -0.25) is 0 Å². The van der Waals surface area contributed by atoms with Gasteiger partial charge in [0, 0.05) is 11.6 Å². The monoisotopic (exact) mass is 251 g/mol. The minimum atomic E-state index is -0.173. The fourth-order valence-electron chi connectivity index (χ4n) is 2.60. The lowest BCUT2D eigenvalue weighted by atomic mass is 9.92. The van der Waals surface area contributed by atoms with Crippen LogP contribution in [0.5, 0.6) is 0 Å². The van der Waals surface area contributed by atoms with Gasteiger partial charge in [0.15, 0.2) is 0 Å². The van der Waals surface area contributed by atoms with Gasteiger partial charge in [-0.25, -0.2) is 4.39 Å². The van der Waals surface area contributed by atoms with Gasteiger partial charge in [0.05, 0.1) is 12.7 Å². The minimum Gasteiger partial charge on any atom is -0.372 e. The first kappa shape index (κ1) is 13.5. The molecule has 3 heteroatoms. The molecule has 0 aliphatic heterocycles. The molecule has 2 unspecified atom stereocenters. The predicted molar refractivity (Wildman–Crippen MR) is 70.9 cm³/mol. The van der Waals surface area contributed by atoms with Gasteiger partial charge in [0.1, 0.15) is 5.82 Å². The van der Waals surface area contributed by atoms with Crippen molar-refractivity contribution in [3.8, 4) is 0 Å². The van der Waals surface area contributed by atoms with Crippen molar-refractivity contribution in [3.05, 3.63) is 35.6 Å². The first-order chi connectivity index (χ1) is 8.81. The Labute approximate surface area is 109 Å². The second kappa shape index (κ2) is 6.86. The number of halogens is 1. The smallest absolute Gasteiger partial charge is 0.128 e. The molecule has 100 valence electrons. The van der Waals surface area contributed by atoms with Gasteiger partial charge in [0.25, 0.3) is 0 Å². The Morgan fingerprint density at radius 2 is 2.06 bits per heavy atom. The van der Waals surface area contributed by atoms with Crippen LogP contribution in [-0.4, -0.2) is 18.7 Å². The van der Waals surface area contributed by atoms with Crippen LogP contribution in [0.1, 0.15) is 38.2 Å². The summed E-state index contributed by atoms with van der Waals surface area (Å²) < 4.78 is 19.4. The van der Waals surface area contributed by atoms with Crippen molar-refractivity contribution >= 4 is 0 Å². The molecule has 2 rings (SSSR count). The molecule has 0 radical (unpaired) electrons. The molecule has 1 aromatic carbocycles. The number of hydrogen-bond donors (Lipinski definition) is 1. The number of rotatable bonds is 5. The molecule has 0 bridgehead atoms. The maximum absolute atomic E-state index is 13.5. The van der Waals surface area contributed by atoms with E-state index in [2.05, 4.69) is 12.2 Å². The summed E-state index contributed by atoms with van der Waals surface area (Å²) in [6, 6.07) is 7.27. The van der Waals surface area contributed by atoms with Crippen LogP contribution in [0.15, 0.2) is 24.3 Å². The Morgan fingerprint density at radius 3 is 2.83 bits per heavy atom. The predicted octanol–water partition coefficient (Wildman–Crippen LogP) is 3.26. The number of likely N-dealkylation sites (N-methyl/N-ethyl adjacent to an activating group) is 1. The Bertz CT molecular complexity index is 367. The Balaban J connectivity index is 1.89. The zero-order valence-corrected chi connectivity index (χ0v) is 11.0. The van der Waals surface area contributed by atoms with Crippen molar-refractivity contribution in [2.24, 2.45) is 0 Å². The molecule has 0 heterocycles. The number of hydrogen-bond acceptors (Lipinski definition) is 2. The largest absolute Gasteiger partial charge is 0.372 e. The van der Waals surface area contributed by atoms with Crippen LogP contribution >= 0.6 is 0 Å². The summed E-state index contributed by atoms with van der Waals surface area (Å²) in [6.45, 7) is 3.45. The lowest BCUT2D eigenvalue weighted by Crippen LogP contribution is -2.43. The first-order valence-electron chi connectivity index (χ1n) is 6.89. The topological polar surface area (TPSA) is 21.3 Å². The average Bonchev–Trinajstić information content (AvgIpc) is 2.40. The van der Waals surface area contributed by atoms with Crippen LogP contribution in [0.4, 0.5) is 4.39 Å². The standard InChI is InChI=1S/C15H22FNO/c1-2-17-14-9-5-6-10-15(14)18-11-12-7-3-4-8-13(12)16/h3-4,7-8,14-15,17H,2,5-6,9-11H2,1H3. The molecule has 1 aliphatic carbocycles. The van der Waals surface area contributed by atoms with Crippen molar-refractivity contribution < 1.29 is 9.13 Å². The van der Waals surface area contributed by atoms with Crippen molar-refractivity contribution in [1.29, 1.82) is 0 Å². The highest BCUT2D eigenvalue weighted by Gasteiger charge is 2.25. The third-order valence-corrected chi connectivity index (χ3v) is 3.58. The average molecular weight is 251 g/mol. The molecule has 1 aromatic rings. The summed E-state index contributed by atoms with van der Waals surface area (Å²) in [4.78, 5) is 0. The van der Waals surface area contributed by atoms with E-state index < -0.39 is 0 Å². The van der Waals surface area contributed by atoms with Crippen molar-refractivity contribution in [2.45, 2.75) is 51.4 Å². The second-order valence-electron chi connectivity index (χ2n) is 4.89. The molecule has 1 saturated carbocycles. The van der Waals surface area contributed by atoms with E-state index in [9.17, 15) is 4.39 Å². The summed E-state index contributed by atoms with van der Waals surface area (Å²) in [7, 11) is 0. The van der Waals surface area contributed by atoms with E-state index in [1.807, 2.05) is 6.07 Å². The molecule has 0 amide bonds. The minimum absolute atomic E-state index is 0.173. The fraction of sp³-hybridized carbons (Fsp3) is 0.600. The van der Waals surface area contributed by atoms with Crippen LogP contribution in [0.2, 0.25) is 0 Å². The van der Waals surface area contributed by atoms with E-state index in [0.29, 0.717) is 18.2 Å². The second-order valence-corrected chi connectivity index (χ2v) is 4.89. The fourth-order valence-corrected chi connectivity index (χ4v) is 2.60. The molecule has 2 nitrogen and oxygen atoms in total. The molecule has 1 aliphatic rings. The van der Waals surface area contributed by atoms with Crippen molar-refractivity contribution in [3.63, 3.8) is 0 Å². The van der Waals surface area contributed by atoms with Gasteiger partial charge < -0.3 is 10.1 Å². The third kappa shape index (κ3) is 3.53. The SMILES string of the molecule is CCNC1CCCCC1OCc1ccccc1F. The van der Waals surface area contributed by atoms with E-state index in [1.54, 1.807) is 12.1 Å². The Hall–Kier alpha value is -0.930. The summed E-state index contributed by atoms with van der Waals surface area (Å²) in [5.74, 6) is -0.173. The maximum Gasteiger partial charge on any atom is 0.128 e. The van der Waals surface area contributed by atoms with E-state index in [0.717, 1.165) is 19.4 Å². The highest BCUT2D eigenvalue weighted by molar-refractivity contribution is 5.16. The van der Waals surface area contributed by atoms with Crippen LogP contribution in [0.3, 0.4) is 0 Å². The zero-order chi connectivity index (χ0) is 12.8. The Morgan fingerprint density at radius 1 is 1.28 bits per heavy atom. The van der Waals surface area contributed by atoms with Crippen molar-refractivity contribution in [2.75, 3.05) is 6.54 Å². The first-order valence-corrected chi connectivity index (χ1v) is 6.89. The number of ether oxygens (including phenoxy) is 1. The van der Waals surface area contributed by atoms with Gasteiger partial charge in [-0.15, -0.1) is 0 Å². The normalized spacial score (nSPS) is 24.1. The number of benzene rings is 1. The van der Waals surface area contributed by atoms with Crippen LogP contribution in [0, 0.1) is 5.82 Å². The summed E-state index contributed by atoms with van der Waals surface area (Å²) in [5.41, 5.74) is 0.651. The molecular formula is C15H22FNO. The molecule has 0 spiro atoms. The van der Waals surface area contributed by atoms with Crippen LogP contribution < -0.4 is 5.32 Å². The third-order valence-electron chi connectivity index (χ3n) is 3.58. The highest BCUT2D eigenvalue weighted by Crippen LogP contribution is 2.22. The van der Waals surface area contributed by atoms with Crippen LogP contribution in [0.25, 0.3) is 0 Å². The molecule has 1 N–H and O–H groups in total. The molecule has 1 fully saturated rings. The van der Waals surface area contributed by atoms with Crippen molar-refractivity contribution in [1.82, 2.24) is 5.32 Å². The molecule has 0 aromatic heterocycles. The zero-order valence-electron chi connectivity index (χ0n) is 11.0. The molecule has 2 atom stereocenters. The van der Waals surface area contributed by atoms with E-state index in [4.69, 9.17) is 4.74 Å². The summed E-state index contributed by atoms with van der Waals surface area (Å²) in [5, 5.41) is 3.47. The lowest BCUT2D eigenvalue weighted by molar-refractivity contribution is -0.00611. The lowest BCUT2D eigenvalue weighted by Gasteiger charge is -2.32. The summed E-state index contributed by atoms with van der Waals surface area (Å²) >= 11 is 0. The highest BCUT2D eigenvalue weighted by atomic mass is 19.1. The van der Waals surface area contributed by atoms with Gasteiger partial charge in [-0.05, 0) is 25.5 Å².